The lowest BCUT2D eigenvalue weighted by molar-refractivity contribution is -0.130. The minimum absolute atomic E-state index is 0.177. The van der Waals surface area contributed by atoms with Gasteiger partial charge in [-0.15, -0.1) is 10.2 Å². The second-order valence-corrected chi connectivity index (χ2v) is 7.60. The smallest absolute Gasteiger partial charge is 0.227 e. The Bertz CT molecular complexity index is 1010. The third kappa shape index (κ3) is 4.92. The van der Waals surface area contributed by atoms with Gasteiger partial charge in [-0.25, -0.2) is 4.98 Å². The van der Waals surface area contributed by atoms with Crippen LogP contribution in [0.3, 0.4) is 0 Å². The van der Waals surface area contributed by atoms with Gasteiger partial charge >= 0.3 is 0 Å². The molecule has 3 aromatic rings. The Balaban J connectivity index is 1.31. The van der Waals surface area contributed by atoms with Crippen LogP contribution in [-0.4, -0.2) is 52.2 Å². The molecule has 0 aliphatic carbocycles. The Kier molecular flexibility index (Phi) is 5.88. The second-order valence-electron chi connectivity index (χ2n) is 7.60. The quantitative estimate of drug-likeness (QED) is 0.707. The molecule has 0 spiro atoms. The highest BCUT2D eigenvalue weighted by Crippen LogP contribution is 2.17. The van der Waals surface area contributed by atoms with Crippen molar-refractivity contribution < 1.29 is 4.79 Å². The zero-order valence-electron chi connectivity index (χ0n) is 17.4. The summed E-state index contributed by atoms with van der Waals surface area (Å²) in [5, 5.41) is 11.8. The minimum Gasteiger partial charge on any atom is -0.352 e. The standard InChI is InChI=1S/C23H26N6O/c1-17-5-3-7-19(15-17)16-23(30)29-13-11-28(12-14-29)22-10-9-21(26-27-22)25-20-8-4-6-18(2)24-20/h3-10,15H,11-14,16H2,1-2H3,(H,24,25,26). The zero-order chi connectivity index (χ0) is 20.9. The molecule has 0 unspecified atom stereocenters. The summed E-state index contributed by atoms with van der Waals surface area (Å²) in [5.74, 6) is 2.40. The molecule has 0 bridgehead atoms. The van der Waals surface area contributed by atoms with Crippen LogP contribution in [0, 0.1) is 13.8 Å². The van der Waals surface area contributed by atoms with Crippen molar-refractivity contribution in [2.45, 2.75) is 20.3 Å². The van der Waals surface area contributed by atoms with E-state index in [1.807, 2.05) is 67.3 Å². The van der Waals surface area contributed by atoms with Gasteiger partial charge < -0.3 is 15.1 Å². The fourth-order valence-corrected chi connectivity index (χ4v) is 3.60. The lowest BCUT2D eigenvalue weighted by atomic mass is 10.1. The van der Waals surface area contributed by atoms with Crippen molar-refractivity contribution >= 4 is 23.4 Å². The molecule has 0 atom stereocenters. The number of benzene rings is 1. The summed E-state index contributed by atoms with van der Waals surface area (Å²) in [7, 11) is 0. The molecule has 1 N–H and O–H groups in total. The largest absolute Gasteiger partial charge is 0.352 e. The van der Waals surface area contributed by atoms with Gasteiger partial charge in [-0.3, -0.25) is 4.79 Å². The van der Waals surface area contributed by atoms with Gasteiger partial charge in [0.15, 0.2) is 11.6 Å². The van der Waals surface area contributed by atoms with E-state index in [2.05, 4.69) is 31.5 Å². The number of aryl methyl sites for hydroxylation is 2. The van der Waals surface area contributed by atoms with E-state index in [1.165, 1.54) is 5.56 Å². The zero-order valence-corrected chi connectivity index (χ0v) is 17.4. The van der Waals surface area contributed by atoms with Gasteiger partial charge in [0.1, 0.15) is 5.82 Å². The van der Waals surface area contributed by atoms with Gasteiger partial charge in [0.2, 0.25) is 5.91 Å². The van der Waals surface area contributed by atoms with E-state index < -0.39 is 0 Å². The normalized spacial score (nSPS) is 13.9. The number of hydrogen-bond acceptors (Lipinski definition) is 6. The Morgan fingerprint density at radius 2 is 1.73 bits per heavy atom. The number of carbonyl (C=O) groups is 1. The number of piperazine rings is 1. The van der Waals surface area contributed by atoms with Crippen LogP contribution in [-0.2, 0) is 11.2 Å². The number of anilines is 3. The van der Waals surface area contributed by atoms with Crippen molar-refractivity contribution in [1.29, 1.82) is 0 Å². The van der Waals surface area contributed by atoms with Crippen LogP contribution >= 0.6 is 0 Å². The molecule has 0 saturated carbocycles. The average molecular weight is 403 g/mol. The van der Waals surface area contributed by atoms with Crippen LogP contribution in [0.25, 0.3) is 0 Å². The van der Waals surface area contributed by atoms with Gasteiger partial charge in [0.05, 0.1) is 6.42 Å². The van der Waals surface area contributed by atoms with Crippen molar-refractivity contribution in [1.82, 2.24) is 20.1 Å². The van der Waals surface area contributed by atoms with Gasteiger partial charge in [-0.05, 0) is 43.7 Å². The molecule has 154 valence electrons. The molecule has 1 fully saturated rings. The van der Waals surface area contributed by atoms with Crippen molar-refractivity contribution in [3.05, 3.63) is 71.4 Å². The van der Waals surface area contributed by atoms with Crippen LogP contribution in [0.15, 0.2) is 54.6 Å². The maximum Gasteiger partial charge on any atom is 0.227 e. The van der Waals surface area contributed by atoms with Gasteiger partial charge in [-0.1, -0.05) is 35.9 Å². The fraction of sp³-hybridized carbons (Fsp3) is 0.304. The molecular formula is C23H26N6O. The lowest BCUT2D eigenvalue weighted by Gasteiger charge is -2.35. The number of pyridine rings is 1. The van der Waals surface area contributed by atoms with Crippen LogP contribution in [0.2, 0.25) is 0 Å². The predicted octanol–water partition coefficient (Wildman–Crippen LogP) is 3.12. The first-order valence-electron chi connectivity index (χ1n) is 10.2. The number of rotatable bonds is 5. The van der Waals surface area contributed by atoms with E-state index in [-0.39, 0.29) is 5.91 Å². The molecule has 1 aromatic carbocycles. The van der Waals surface area contributed by atoms with Crippen LogP contribution in [0.1, 0.15) is 16.8 Å². The lowest BCUT2D eigenvalue weighted by Crippen LogP contribution is -2.49. The van der Waals surface area contributed by atoms with E-state index >= 15 is 0 Å². The number of carbonyl (C=O) groups excluding carboxylic acids is 1. The Morgan fingerprint density at radius 1 is 0.933 bits per heavy atom. The topological polar surface area (TPSA) is 74.2 Å². The Hall–Kier alpha value is -3.48. The monoisotopic (exact) mass is 402 g/mol. The molecule has 4 rings (SSSR count). The minimum atomic E-state index is 0.177. The predicted molar refractivity (Wildman–Crippen MR) is 118 cm³/mol. The first kappa shape index (κ1) is 19.8. The maximum atomic E-state index is 12.6. The molecule has 2 aromatic heterocycles. The highest BCUT2D eigenvalue weighted by Gasteiger charge is 2.22. The third-order valence-electron chi connectivity index (χ3n) is 5.19. The van der Waals surface area contributed by atoms with Crippen molar-refractivity contribution in [3.63, 3.8) is 0 Å². The van der Waals surface area contributed by atoms with Crippen molar-refractivity contribution in [2.24, 2.45) is 0 Å². The molecule has 1 aliphatic heterocycles. The summed E-state index contributed by atoms with van der Waals surface area (Å²) in [5.41, 5.74) is 3.19. The molecule has 1 aliphatic rings. The Morgan fingerprint density at radius 3 is 2.43 bits per heavy atom. The van der Waals surface area contributed by atoms with Crippen LogP contribution in [0.5, 0.6) is 0 Å². The fourth-order valence-electron chi connectivity index (χ4n) is 3.60. The summed E-state index contributed by atoms with van der Waals surface area (Å²) >= 11 is 0. The van der Waals surface area contributed by atoms with Crippen molar-refractivity contribution in [3.8, 4) is 0 Å². The molecule has 1 saturated heterocycles. The number of nitrogens with zero attached hydrogens (tertiary/aromatic N) is 5. The summed E-state index contributed by atoms with van der Waals surface area (Å²) in [6, 6.07) is 17.8. The van der Waals surface area contributed by atoms with E-state index in [9.17, 15) is 4.79 Å². The highest BCUT2D eigenvalue weighted by molar-refractivity contribution is 5.79. The van der Waals surface area contributed by atoms with Crippen molar-refractivity contribution in [2.75, 3.05) is 36.4 Å². The molecule has 0 radical (unpaired) electrons. The van der Waals surface area contributed by atoms with E-state index in [0.717, 1.165) is 36.0 Å². The number of aromatic nitrogens is 3. The average Bonchev–Trinajstić information content (AvgIpc) is 2.74. The highest BCUT2D eigenvalue weighted by atomic mass is 16.2. The summed E-state index contributed by atoms with van der Waals surface area (Å²) in [4.78, 5) is 21.1. The summed E-state index contributed by atoms with van der Waals surface area (Å²) in [6.07, 6.45) is 0.453. The van der Waals surface area contributed by atoms with Crippen LogP contribution in [0.4, 0.5) is 17.5 Å². The van der Waals surface area contributed by atoms with Gasteiger partial charge in [0.25, 0.3) is 0 Å². The molecular weight excluding hydrogens is 376 g/mol. The molecule has 7 nitrogen and oxygen atoms in total. The SMILES string of the molecule is Cc1cccc(CC(=O)N2CCN(c3ccc(Nc4cccc(C)n4)nn3)CC2)c1. The first-order chi connectivity index (χ1) is 14.6. The van der Waals surface area contributed by atoms with Gasteiger partial charge in [-0.2, -0.15) is 0 Å². The van der Waals surface area contributed by atoms with E-state index in [1.54, 1.807) is 0 Å². The van der Waals surface area contributed by atoms with E-state index in [0.29, 0.717) is 25.3 Å². The molecule has 3 heterocycles. The molecule has 7 heteroatoms. The van der Waals surface area contributed by atoms with Crippen LogP contribution < -0.4 is 10.2 Å². The third-order valence-corrected chi connectivity index (χ3v) is 5.19. The Labute approximate surface area is 176 Å². The second kappa shape index (κ2) is 8.90. The molecule has 1 amide bonds. The number of hydrogen-bond donors (Lipinski definition) is 1. The maximum absolute atomic E-state index is 12.6. The number of nitrogens with one attached hydrogen (secondary N) is 1. The first-order valence-corrected chi connectivity index (χ1v) is 10.2. The van der Waals surface area contributed by atoms with E-state index in [4.69, 9.17) is 0 Å². The number of amides is 1. The summed E-state index contributed by atoms with van der Waals surface area (Å²) < 4.78 is 0. The van der Waals surface area contributed by atoms with Gasteiger partial charge in [0, 0.05) is 31.9 Å². The molecule has 30 heavy (non-hydrogen) atoms. The summed E-state index contributed by atoms with van der Waals surface area (Å²) in [6.45, 7) is 6.89.